The van der Waals surface area contributed by atoms with Gasteiger partial charge in [-0.1, -0.05) is 0 Å². The van der Waals surface area contributed by atoms with Crippen LogP contribution in [0.15, 0.2) is 10.5 Å². The highest BCUT2D eigenvalue weighted by Crippen LogP contribution is 2.13. The smallest absolute Gasteiger partial charge is 0.287 e. The average molecular weight is 210 g/mol. The van der Waals surface area contributed by atoms with E-state index in [1.807, 2.05) is 33.9 Å². The molecule has 1 amide bonds. The number of hydrogen-bond acceptors (Lipinski definition) is 3. The van der Waals surface area contributed by atoms with E-state index in [4.69, 9.17) is 4.42 Å². The second-order valence-corrected chi connectivity index (χ2v) is 3.77. The molecule has 1 atom stereocenters. The van der Waals surface area contributed by atoms with Crippen molar-refractivity contribution in [2.24, 2.45) is 0 Å². The van der Waals surface area contributed by atoms with Crippen molar-refractivity contribution in [2.45, 2.75) is 26.8 Å². The molecule has 1 rings (SSSR count). The van der Waals surface area contributed by atoms with E-state index in [9.17, 15) is 4.79 Å². The predicted octanol–water partition coefficient (Wildman–Crippen LogP) is 1.23. The van der Waals surface area contributed by atoms with Gasteiger partial charge in [0.1, 0.15) is 5.76 Å². The summed E-state index contributed by atoms with van der Waals surface area (Å²) in [6, 6.07) is 2.11. The SMILES string of the molecule is CNC(C)CNC(=O)c1oc(C)cc1C. The van der Waals surface area contributed by atoms with Crippen LogP contribution in [0.25, 0.3) is 0 Å². The lowest BCUT2D eigenvalue weighted by atomic mass is 10.2. The zero-order chi connectivity index (χ0) is 11.4. The molecule has 1 unspecified atom stereocenters. The largest absolute Gasteiger partial charge is 0.456 e. The fourth-order valence-electron chi connectivity index (χ4n) is 1.29. The minimum Gasteiger partial charge on any atom is -0.456 e. The Labute approximate surface area is 90.0 Å². The Morgan fingerprint density at radius 2 is 2.20 bits per heavy atom. The Hall–Kier alpha value is -1.29. The summed E-state index contributed by atoms with van der Waals surface area (Å²) in [6.45, 7) is 6.29. The Balaban J connectivity index is 2.58. The minimum absolute atomic E-state index is 0.150. The van der Waals surface area contributed by atoms with Gasteiger partial charge in [0.05, 0.1) is 0 Å². The molecule has 0 aliphatic rings. The van der Waals surface area contributed by atoms with Crippen molar-refractivity contribution < 1.29 is 9.21 Å². The molecule has 1 aromatic rings. The van der Waals surface area contributed by atoms with E-state index in [0.29, 0.717) is 12.3 Å². The molecule has 0 saturated carbocycles. The normalized spacial score (nSPS) is 12.5. The van der Waals surface area contributed by atoms with Crippen LogP contribution in [0.4, 0.5) is 0 Å². The first kappa shape index (κ1) is 11.8. The molecular formula is C11H18N2O2. The first-order chi connectivity index (χ1) is 7.04. The van der Waals surface area contributed by atoms with Gasteiger partial charge in [-0.25, -0.2) is 0 Å². The highest BCUT2D eigenvalue weighted by atomic mass is 16.3. The molecule has 0 aromatic carbocycles. The van der Waals surface area contributed by atoms with Crippen LogP contribution in [-0.2, 0) is 0 Å². The van der Waals surface area contributed by atoms with Gasteiger partial charge < -0.3 is 15.1 Å². The molecule has 84 valence electrons. The molecule has 2 N–H and O–H groups in total. The minimum atomic E-state index is -0.150. The number of furan rings is 1. The standard InChI is InChI=1S/C11H18N2O2/c1-7-5-9(3)15-10(7)11(14)13-6-8(2)12-4/h5,8,12H,6H2,1-4H3,(H,13,14). The molecule has 1 heterocycles. The van der Waals surface area contributed by atoms with Gasteiger partial charge >= 0.3 is 0 Å². The number of hydrogen-bond donors (Lipinski definition) is 2. The number of rotatable bonds is 4. The third kappa shape index (κ3) is 3.09. The molecule has 4 nitrogen and oxygen atoms in total. The van der Waals surface area contributed by atoms with Gasteiger partial charge in [0.2, 0.25) is 0 Å². The van der Waals surface area contributed by atoms with Crippen molar-refractivity contribution in [2.75, 3.05) is 13.6 Å². The highest BCUT2D eigenvalue weighted by Gasteiger charge is 2.14. The fourth-order valence-corrected chi connectivity index (χ4v) is 1.29. The van der Waals surface area contributed by atoms with Gasteiger partial charge in [-0.15, -0.1) is 0 Å². The van der Waals surface area contributed by atoms with E-state index in [2.05, 4.69) is 10.6 Å². The Morgan fingerprint density at radius 1 is 1.53 bits per heavy atom. The van der Waals surface area contributed by atoms with E-state index in [0.717, 1.165) is 11.3 Å². The third-order valence-electron chi connectivity index (χ3n) is 2.31. The lowest BCUT2D eigenvalue weighted by Crippen LogP contribution is -2.37. The highest BCUT2D eigenvalue weighted by molar-refractivity contribution is 5.92. The second-order valence-electron chi connectivity index (χ2n) is 3.77. The molecule has 0 spiro atoms. The molecule has 0 bridgehead atoms. The van der Waals surface area contributed by atoms with Crippen molar-refractivity contribution in [3.63, 3.8) is 0 Å². The topological polar surface area (TPSA) is 54.3 Å². The van der Waals surface area contributed by atoms with E-state index < -0.39 is 0 Å². The van der Waals surface area contributed by atoms with Crippen LogP contribution >= 0.6 is 0 Å². The molecule has 1 aromatic heterocycles. The Kier molecular flexibility index (Phi) is 3.91. The summed E-state index contributed by atoms with van der Waals surface area (Å²) in [4.78, 5) is 11.7. The van der Waals surface area contributed by atoms with Crippen LogP contribution < -0.4 is 10.6 Å². The van der Waals surface area contributed by atoms with Crippen molar-refractivity contribution in [1.82, 2.24) is 10.6 Å². The number of carbonyl (C=O) groups excluding carboxylic acids is 1. The van der Waals surface area contributed by atoms with Crippen LogP contribution in [0.2, 0.25) is 0 Å². The van der Waals surface area contributed by atoms with Gasteiger partial charge in [-0.05, 0) is 33.9 Å². The number of likely N-dealkylation sites (N-methyl/N-ethyl adjacent to an activating group) is 1. The number of aryl methyl sites for hydroxylation is 2. The summed E-state index contributed by atoms with van der Waals surface area (Å²) in [5, 5.41) is 5.85. The summed E-state index contributed by atoms with van der Waals surface area (Å²) >= 11 is 0. The van der Waals surface area contributed by atoms with Crippen molar-refractivity contribution in [3.05, 3.63) is 23.2 Å². The van der Waals surface area contributed by atoms with E-state index in [1.165, 1.54) is 0 Å². The zero-order valence-electron chi connectivity index (χ0n) is 9.68. The molecular weight excluding hydrogens is 192 g/mol. The zero-order valence-corrected chi connectivity index (χ0v) is 9.68. The first-order valence-corrected chi connectivity index (χ1v) is 5.07. The van der Waals surface area contributed by atoms with Crippen molar-refractivity contribution in [1.29, 1.82) is 0 Å². The van der Waals surface area contributed by atoms with E-state index in [-0.39, 0.29) is 11.9 Å². The maximum Gasteiger partial charge on any atom is 0.287 e. The summed E-state index contributed by atoms with van der Waals surface area (Å²) < 4.78 is 5.31. The molecule has 0 aliphatic heterocycles. The van der Waals surface area contributed by atoms with Crippen molar-refractivity contribution in [3.8, 4) is 0 Å². The molecule has 0 radical (unpaired) electrons. The van der Waals surface area contributed by atoms with E-state index >= 15 is 0 Å². The van der Waals surface area contributed by atoms with Crippen molar-refractivity contribution >= 4 is 5.91 Å². The first-order valence-electron chi connectivity index (χ1n) is 5.07. The molecule has 4 heteroatoms. The summed E-state index contributed by atoms with van der Waals surface area (Å²) in [5.74, 6) is 1.03. The lowest BCUT2D eigenvalue weighted by Gasteiger charge is -2.10. The maximum absolute atomic E-state index is 11.7. The average Bonchev–Trinajstić information content (AvgIpc) is 2.53. The fraction of sp³-hybridized carbons (Fsp3) is 0.545. The molecule has 15 heavy (non-hydrogen) atoms. The lowest BCUT2D eigenvalue weighted by molar-refractivity contribution is 0.0920. The van der Waals surface area contributed by atoms with E-state index in [1.54, 1.807) is 0 Å². The monoisotopic (exact) mass is 210 g/mol. The second kappa shape index (κ2) is 4.98. The van der Waals surface area contributed by atoms with Gasteiger partial charge in [0, 0.05) is 18.2 Å². The number of nitrogens with one attached hydrogen (secondary N) is 2. The Morgan fingerprint density at radius 3 is 2.67 bits per heavy atom. The van der Waals surface area contributed by atoms with Crippen LogP contribution in [0.3, 0.4) is 0 Å². The third-order valence-corrected chi connectivity index (χ3v) is 2.31. The van der Waals surface area contributed by atoms with Gasteiger partial charge in [0.15, 0.2) is 5.76 Å². The molecule has 0 aliphatic carbocycles. The summed E-state index contributed by atoms with van der Waals surface area (Å²) in [7, 11) is 1.86. The van der Waals surface area contributed by atoms with Crippen LogP contribution in [-0.4, -0.2) is 25.5 Å². The van der Waals surface area contributed by atoms with Crippen LogP contribution in [0.5, 0.6) is 0 Å². The maximum atomic E-state index is 11.7. The van der Waals surface area contributed by atoms with Crippen LogP contribution in [0.1, 0.15) is 28.8 Å². The van der Waals surface area contributed by atoms with Gasteiger partial charge in [-0.3, -0.25) is 4.79 Å². The quantitative estimate of drug-likeness (QED) is 0.786. The predicted molar refractivity (Wildman–Crippen MR) is 59.0 cm³/mol. The van der Waals surface area contributed by atoms with Crippen LogP contribution in [0, 0.1) is 13.8 Å². The van der Waals surface area contributed by atoms with Gasteiger partial charge in [-0.2, -0.15) is 0 Å². The molecule has 0 fully saturated rings. The molecule has 0 saturated heterocycles. The number of carbonyl (C=O) groups is 1. The number of amides is 1. The summed E-state index contributed by atoms with van der Waals surface area (Å²) in [5.41, 5.74) is 0.877. The summed E-state index contributed by atoms with van der Waals surface area (Å²) in [6.07, 6.45) is 0. The Bertz CT molecular complexity index is 344. The van der Waals surface area contributed by atoms with Gasteiger partial charge in [0.25, 0.3) is 5.91 Å².